The van der Waals surface area contributed by atoms with Crippen LogP contribution < -0.4 is 5.32 Å². The van der Waals surface area contributed by atoms with Gasteiger partial charge in [-0.15, -0.1) is 12.4 Å². The first-order valence-electron chi connectivity index (χ1n) is 4.22. The Morgan fingerprint density at radius 3 is 2.64 bits per heavy atom. The Bertz CT molecular complexity index is 123. The molecule has 0 unspecified atom stereocenters. The quantitative estimate of drug-likeness (QED) is 0.604. The van der Waals surface area contributed by atoms with Crippen LogP contribution in [-0.2, 0) is 0 Å². The minimum atomic E-state index is 0. The molecule has 1 fully saturated rings. The second-order valence-corrected chi connectivity index (χ2v) is 3.13. The van der Waals surface area contributed by atoms with Crippen molar-refractivity contribution in [2.24, 2.45) is 0 Å². The lowest BCUT2D eigenvalue weighted by Gasteiger charge is -2.26. The van der Waals surface area contributed by atoms with Crippen molar-refractivity contribution in [3.63, 3.8) is 0 Å². The summed E-state index contributed by atoms with van der Waals surface area (Å²) >= 11 is 0. The molecule has 0 bridgehead atoms. The molecule has 2 heteroatoms. The molecule has 1 N–H and O–H groups in total. The summed E-state index contributed by atoms with van der Waals surface area (Å²) in [5, 5.41) is 3.53. The van der Waals surface area contributed by atoms with E-state index >= 15 is 0 Å². The Balaban J connectivity index is 0.000001000. The SMILES string of the molecule is CC=C[C@H]1CCC[C@H](C)N1.Cl. The summed E-state index contributed by atoms with van der Waals surface area (Å²) in [6, 6.07) is 1.36. The highest BCUT2D eigenvalue weighted by molar-refractivity contribution is 5.85. The van der Waals surface area contributed by atoms with Gasteiger partial charge >= 0.3 is 0 Å². The summed E-state index contributed by atoms with van der Waals surface area (Å²) in [5.41, 5.74) is 0. The lowest BCUT2D eigenvalue weighted by molar-refractivity contribution is 0.374. The number of rotatable bonds is 1. The molecule has 1 rings (SSSR count). The number of piperidine rings is 1. The number of nitrogens with one attached hydrogen (secondary N) is 1. The van der Waals surface area contributed by atoms with Crippen LogP contribution >= 0.6 is 12.4 Å². The molecule has 0 spiro atoms. The summed E-state index contributed by atoms with van der Waals surface area (Å²) in [7, 11) is 0. The number of halogens is 1. The molecule has 66 valence electrons. The zero-order valence-electron chi connectivity index (χ0n) is 7.34. The van der Waals surface area contributed by atoms with Gasteiger partial charge in [0.05, 0.1) is 0 Å². The maximum absolute atomic E-state index is 3.53. The van der Waals surface area contributed by atoms with Gasteiger partial charge in [-0.1, -0.05) is 18.6 Å². The van der Waals surface area contributed by atoms with Gasteiger partial charge in [0.15, 0.2) is 0 Å². The smallest absolute Gasteiger partial charge is 0.0252 e. The Kier molecular flexibility index (Phi) is 5.61. The Labute approximate surface area is 75.7 Å². The van der Waals surface area contributed by atoms with Crippen LogP contribution in [0, 0.1) is 0 Å². The number of hydrogen-bond donors (Lipinski definition) is 1. The molecule has 0 amide bonds. The average Bonchev–Trinajstić information content (AvgIpc) is 1.88. The molecule has 1 saturated heterocycles. The molecular formula is C9H18ClN. The van der Waals surface area contributed by atoms with E-state index < -0.39 is 0 Å². The van der Waals surface area contributed by atoms with Gasteiger partial charge in [0, 0.05) is 12.1 Å². The normalized spacial score (nSPS) is 31.8. The van der Waals surface area contributed by atoms with Gasteiger partial charge in [-0.2, -0.15) is 0 Å². The first kappa shape index (κ1) is 11.0. The van der Waals surface area contributed by atoms with E-state index in [4.69, 9.17) is 0 Å². The summed E-state index contributed by atoms with van der Waals surface area (Å²) < 4.78 is 0. The molecule has 1 heterocycles. The van der Waals surface area contributed by atoms with Crippen LogP contribution in [0.15, 0.2) is 12.2 Å². The predicted molar refractivity (Wildman–Crippen MR) is 52.3 cm³/mol. The van der Waals surface area contributed by atoms with Crippen molar-refractivity contribution < 1.29 is 0 Å². The maximum atomic E-state index is 3.53. The van der Waals surface area contributed by atoms with Gasteiger partial charge in [-0.25, -0.2) is 0 Å². The molecule has 0 radical (unpaired) electrons. The van der Waals surface area contributed by atoms with Crippen LogP contribution in [0.4, 0.5) is 0 Å². The first-order valence-corrected chi connectivity index (χ1v) is 4.22. The van der Waals surface area contributed by atoms with E-state index in [1.54, 1.807) is 0 Å². The summed E-state index contributed by atoms with van der Waals surface area (Å²) in [6.07, 6.45) is 8.43. The van der Waals surface area contributed by atoms with E-state index in [0.717, 1.165) is 6.04 Å². The van der Waals surface area contributed by atoms with Gasteiger partial charge in [-0.05, 0) is 26.7 Å². The highest BCUT2D eigenvalue weighted by atomic mass is 35.5. The van der Waals surface area contributed by atoms with Crippen LogP contribution in [0.25, 0.3) is 0 Å². The van der Waals surface area contributed by atoms with E-state index in [9.17, 15) is 0 Å². The summed E-state index contributed by atoms with van der Waals surface area (Å²) in [6.45, 7) is 4.34. The lowest BCUT2D eigenvalue weighted by atomic mass is 9.99. The highest BCUT2D eigenvalue weighted by Crippen LogP contribution is 2.12. The van der Waals surface area contributed by atoms with Gasteiger partial charge in [-0.3, -0.25) is 0 Å². The molecule has 0 aromatic carbocycles. The van der Waals surface area contributed by atoms with Gasteiger partial charge < -0.3 is 5.32 Å². The van der Waals surface area contributed by atoms with Crippen LogP contribution in [0.5, 0.6) is 0 Å². The average molecular weight is 176 g/mol. The van der Waals surface area contributed by atoms with Crippen molar-refractivity contribution >= 4 is 12.4 Å². The fourth-order valence-corrected chi connectivity index (χ4v) is 1.56. The van der Waals surface area contributed by atoms with Crippen LogP contribution in [0.2, 0.25) is 0 Å². The molecular weight excluding hydrogens is 158 g/mol. The predicted octanol–water partition coefficient (Wildman–Crippen LogP) is 2.51. The molecule has 1 aliphatic heterocycles. The van der Waals surface area contributed by atoms with Crippen LogP contribution in [0.1, 0.15) is 33.1 Å². The van der Waals surface area contributed by atoms with Crippen molar-refractivity contribution in [3.05, 3.63) is 12.2 Å². The van der Waals surface area contributed by atoms with E-state index in [2.05, 4.69) is 31.3 Å². The molecule has 1 nitrogen and oxygen atoms in total. The molecule has 11 heavy (non-hydrogen) atoms. The monoisotopic (exact) mass is 175 g/mol. The largest absolute Gasteiger partial charge is 0.308 e. The molecule has 0 aliphatic carbocycles. The van der Waals surface area contributed by atoms with Crippen LogP contribution in [0.3, 0.4) is 0 Å². The third-order valence-corrected chi connectivity index (χ3v) is 2.08. The second-order valence-electron chi connectivity index (χ2n) is 3.13. The van der Waals surface area contributed by atoms with E-state index in [0.29, 0.717) is 6.04 Å². The molecule has 0 aromatic heterocycles. The fraction of sp³-hybridized carbons (Fsp3) is 0.778. The van der Waals surface area contributed by atoms with E-state index in [1.165, 1.54) is 19.3 Å². The Morgan fingerprint density at radius 1 is 1.36 bits per heavy atom. The van der Waals surface area contributed by atoms with Gasteiger partial charge in [0.25, 0.3) is 0 Å². The summed E-state index contributed by atoms with van der Waals surface area (Å²) in [4.78, 5) is 0. The van der Waals surface area contributed by atoms with Crippen molar-refractivity contribution in [2.75, 3.05) is 0 Å². The zero-order chi connectivity index (χ0) is 7.40. The number of hydrogen-bond acceptors (Lipinski definition) is 1. The second kappa shape index (κ2) is 5.62. The van der Waals surface area contributed by atoms with Crippen molar-refractivity contribution in [3.8, 4) is 0 Å². The van der Waals surface area contributed by atoms with Gasteiger partial charge in [0.1, 0.15) is 0 Å². The minimum absolute atomic E-state index is 0. The Morgan fingerprint density at radius 2 is 2.09 bits per heavy atom. The number of allylic oxidation sites excluding steroid dienone is 1. The van der Waals surface area contributed by atoms with Crippen molar-refractivity contribution in [1.82, 2.24) is 5.32 Å². The zero-order valence-corrected chi connectivity index (χ0v) is 8.16. The Hall–Kier alpha value is -0.0100. The highest BCUT2D eigenvalue weighted by Gasteiger charge is 2.13. The third-order valence-electron chi connectivity index (χ3n) is 2.08. The lowest BCUT2D eigenvalue weighted by Crippen LogP contribution is -2.39. The maximum Gasteiger partial charge on any atom is 0.0252 e. The third kappa shape index (κ3) is 3.78. The molecule has 0 saturated carbocycles. The van der Waals surface area contributed by atoms with E-state index in [1.807, 2.05) is 0 Å². The van der Waals surface area contributed by atoms with Crippen molar-refractivity contribution in [1.29, 1.82) is 0 Å². The fourth-order valence-electron chi connectivity index (χ4n) is 1.56. The molecule has 2 atom stereocenters. The summed E-state index contributed by atoms with van der Waals surface area (Å²) in [5.74, 6) is 0. The topological polar surface area (TPSA) is 12.0 Å². The standard InChI is InChI=1S/C9H17N.ClH/c1-3-5-9-7-4-6-8(2)10-9;/h3,5,8-10H,4,6-7H2,1-2H3;1H/t8-,9-;/m0./s1. The van der Waals surface area contributed by atoms with Gasteiger partial charge in [0.2, 0.25) is 0 Å². The molecule has 0 aromatic rings. The van der Waals surface area contributed by atoms with E-state index in [-0.39, 0.29) is 12.4 Å². The minimum Gasteiger partial charge on any atom is -0.308 e. The van der Waals surface area contributed by atoms with Crippen molar-refractivity contribution in [2.45, 2.75) is 45.2 Å². The first-order chi connectivity index (χ1) is 4.83. The van der Waals surface area contributed by atoms with Crippen LogP contribution in [-0.4, -0.2) is 12.1 Å². The molecule has 1 aliphatic rings.